The highest BCUT2D eigenvalue weighted by Crippen LogP contribution is 2.13. The number of rotatable bonds is 4. The Bertz CT molecular complexity index is 1610. The molecule has 1 aromatic heterocycles. The van der Waals surface area contributed by atoms with E-state index in [0.717, 1.165) is 0 Å². The van der Waals surface area contributed by atoms with Crippen molar-refractivity contribution in [1.29, 1.82) is 5.41 Å². The fraction of sp³-hybridized carbons (Fsp3) is 0.0357. The number of aryl methyl sites for hydroxylation is 1. The fourth-order valence-electron chi connectivity index (χ4n) is 3.44. The van der Waals surface area contributed by atoms with Crippen LogP contribution in [0.1, 0.15) is 0 Å². The maximum atomic E-state index is 12.5. The second-order valence-corrected chi connectivity index (χ2v) is 8.22. The van der Waals surface area contributed by atoms with Crippen LogP contribution in [0.15, 0.2) is 124 Å². The van der Waals surface area contributed by atoms with Crippen molar-refractivity contribution in [3.63, 3.8) is 0 Å². The first-order valence-electron chi connectivity index (χ1n) is 11.5. The van der Waals surface area contributed by atoms with Gasteiger partial charge in [-0.25, -0.2) is 19.5 Å². The van der Waals surface area contributed by atoms with Gasteiger partial charge in [-0.15, -0.1) is 48.0 Å². The van der Waals surface area contributed by atoms with Gasteiger partial charge in [-0.2, -0.15) is 0 Å². The number of pyridine rings is 1. The molecule has 2 aromatic rings. The van der Waals surface area contributed by atoms with Crippen molar-refractivity contribution in [3.05, 3.63) is 119 Å². The van der Waals surface area contributed by atoms with E-state index in [-0.39, 0.29) is 71.6 Å². The summed E-state index contributed by atoms with van der Waals surface area (Å²) in [7, 11) is 1.87. The predicted molar refractivity (Wildman–Crippen MR) is 178 cm³/mol. The molecule has 0 aliphatic heterocycles. The van der Waals surface area contributed by atoms with Crippen molar-refractivity contribution in [2.24, 2.45) is 27.8 Å². The molecular weight excluding hydrogens is 736 g/mol. The summed E-state index contributed by atoms with van der Waals surface area (Å²) < 4.78 is 1.84. The lowest BCUT2D eigenvalue weighted by Gasteiger charge is -2.18. The summed E-state index contributed by atoms with van der Waals surface area (Å²) in [6.45, 7) is 0. The van der Waals surface area contributed by atoms with E-state index >= 15 is 0 Å². The van der Waals surface area contributed by atoms with Crippen LogP contribution in [0, 0.1) is 5.41 Å². The van der Waals surface area contributed by atoms with Crippen LogP contribution in [0.25, 0.3) is 11.8 Å². The molecule has 6 N–H and O–H groups in total. The maximum absolute atomic E-state index is 12.5. The van der Waals surface area contributed by atoms with Crippen LogP contribution in [0.4, 0.5) is 5.69 Å². The van der Waals surface area contributed by atoms with E-state index in [0.29, 0.717) is 38.8 Å². The van der Waals surface area contributed by atoms with Crippen molar-refractivity contribution < 1.29 is 19.9 Å². The molecule has 2 aliphatic rings. The summed E-state index contributed by atoms with van der Waals surface area (Å²) in [5.74, 6) is -0.974. The van der Waals surface area contributed by atoms with Gasteiger partial charge in [-0.3, -0.25) is 5.41 Å². The van der Waals surface area contributed by atoms with Crippen molar-refractivity contribution in [2.75, 3.05) is 5.32 Å². The lowest BCUT2D eigenvalue weighted by molar-refractivity contribution is -0.670. The summed E-state index contributed by atoms with van der Waals surface area (Å²) in [4.78, 5) is 12.2. The van der Waals surface area contributed by atoms with Crippen molar-refractivity contribution >= 4 is 88.5 Å². The number of nitrogens with one attached hydrogen (secondary N) is 2. The largest absolute Gasteiger partial charge is 0.860 e. The van der Waals surface area contributed by atoms with E-state index < -0.39 is 0 Å². The molecule has 1 heterocycles. The average Bonchev–Trinajstić information content (AvgIpc) is 2.90. The van der Waals surface area contributed by atoms with Gasteiger partial charge in [0.05, 0.1) is 17.1 Å². The van der Waals surface area contributed by atoms with E-state index in [4.69, 9.17) is 11.1 Å². The van der Waals surface area contributed by atoms with Crippen LogP contribution in [-0.4, -0.2) is 33.3 Å². The van der Waals surface area contributed by atoms with E-state index in [2.05, 4.69) is 20.3 Å². The number of aromatic nitrogens is 1. The zero-order chi connectivity index (χ0) is 27.1. The molecule has 12 heteroatoms. The number of hydrogen-bond acceptors (Lipinski definition) is 7. The molecule has 0 atom stereocenters. The molecular formula is C28H27I2N7O3. The molecule has 0 saturated carbocycles. The number of aliphatic hydroxyl groups excluding tert-OH is 2. The molecule has 206 valence electrons. The van der Waals surface area contributed by atoms with Gasteiger partial charge in [-0.05, 0) is 78.2 Å². The normalized spacial score (nSPS) is 13.1. The number of benzene rings is 1. The Morgan fingerprint density at radius 3 is 1.70 bits per heavy atom. The third-order valence-corrected chi connectivity index (χ3v) is 5.30. The Labute approximate surface area is 264 Å². The van der Waals surface area contributed by atoms with Crippen LogP contribution < -0.4 is 31.2 Å². The molecule has 1 aromatic carbocycles. The Balaban J connectivity index is 0.00000280. The van der Waals surface area contributed by atoms with Gasteiger partial charge in [0, 0.05) is 16.5 Å². The van der Waals surface area contributed by atoms with Gasteiger partial charge >= 0.3 is 0 Å². The first kappa shape index (κ1) is 32.2. The van der Waals surface area contributed by atoms with Crippen LogP contribution in [-0.2, 0) is 7.05 Å². The topological polar surface area (TPSA) is 166 Å². The maximum Gasteiger partial charge on any atom is 0.218 e. The summed E-state index contributed by atoms with van der Waals surface area (Å²) >= 11 is 0. The molecule has 0 bridgehead atoms. The van der Waals surface area contributed by atoms with E-state index in [1.807, 2.05) is 23.9 Å². The number of guanidine groups is 1. The minimum Gasteiger partial charge on any atom is -0.860 e. The lowest BCUT2D eigenvalue weighted by atomic mass is 10.1. The van der Waals surface area contributed by atoms with Crippen LogP contribution >= 0.6 is 48.0 Å². The number of halogens is 2. The number of nitrogens with zero attached hydrogens (tertiary/aromatic N) is 4. The van der Waals surface area contributed by atoms with Crippen LogP contribution in [0.2, 0.25) is 0 Å². The molecule has 0 amide bonds. The van der Waals surface area contributed by atoms with E-state index in [9.17, 15) is 15.3 Å². The zero-order valence-electron chi connectivity index (χ0n) is 21.2. The first-order chi connectivity index (χ1) is 18.3. The lowest BCUT2D eigenvalue weighted by Crippen LogP contribution is -2.27. The molecule has 10 nitrogen and oxygen atoms in total. The van der Waals surface area contributed by atoms with Gasteiger partial charge in [-0.1, -0.05) is 12.2 Å². The van der Waals surface area contributed by atoms with E-state index in [1.165, 1.54) is 0 Å². The average molecular weight is 763 g/mol. The SMILES string of the molecule is C[n+]1cccc(NC([O-])=C2C=CC(=NC(O)=c3ccc(=C(O)N=C4C=CC(=NC(=N)N)C=C4)cc3)C=C2)c1.I.I. The molecule has 0 fully saturated rings. The molecule has 40 heavy (non-hydrogen) atoms. The second-order valence-electron chi connectivity index (χ2n) is 8.22. The standard InChI is InChI=1S/C28H25N7O3.2HI/c1-35-16-2-3-24(17-35)33-27(38)20-8-10-21(11-9-20)31-25(36)18-4-6-19(7-5-18)26(37)32-22-12-14-23(15-13-22)34-28(29)30;;/h2-17H,1H3,(H6-,29,30,31,32,33,34,36,37,38);2*1H. The van der Waals surface area contributed by atoms with Crippen LogP contribution in [0.5, 0.6) is 0 Å². The number of hydrogen-bond donors (Lipinski definition) is 5. The number of anilines is 1. The third kappa shape index (κ3) is 9.01. The van der Waals surface area contributed by atoms with E-state index in [1.54, 1.807) is 85.1 Å². The number of nitrogens with two attached hydrogens (primary N) is 1. The second kappa shape index (κ2) is 14.9. The summed E-state index contributed by atoms with van der Waals surface area (Å²) in [6, 6.07) is 10.1. The van der Waals surface area contributed by atoms with Crippen molar-refractivity contribution in [2.45, 2.75) is 0 Å². The number of allylic oxidation sites excluding steroid dienone is 9. The predicted octanol–water partition coefficient (Wildman–Crippen LogP) is 2.15. The van der Waals surface area contributed by atoms with Gasteiger partial charge in [0.25, 0.3) is 0 Å². The summed E-state index contributed by atoms with van der Waals surface area (Å²) in [5.41, 5.74) is 7.86. The molecule has 4 rings (SSSR count). The highest BCUT2D eigenvalue weighted by molar-refractivity contribution is 14.0. The van der Waals surface area contributed by atoms with Gasteiger partial charge in [0.1, 0.15) is 12.7 Å². The molecule has 2 aliphatic carbocycles. The van der Waals surface area contributed by atoms with Gasteiger partial charge < -0.3 is 26.4 Å². The minimum atomic E-state index is -0.298. The quantitative estimate of drug-likeness (QED) is 0.0804. The molecule has 0 saturated heterocycles. The summed E-state index contributed by atoms with van der Waals surface area (Å²) in [5, 5.41) is 44.2. The molecule has 0 spiro atoms. The fourth-order valence-corrected chi connectivity index (χ4v) is 3.44. The van der Waals surface area contributed by atoms with Crippen LogP contribution in [0.3, 0.4) is 0 Å². The van der Waals surface area contributed by atoms with Gasteiger partial charge in [0.2, 0.25) is 17.7 Å². The monoisotopic (exact) mass is 763 g/mol. The van der Waals surface area contributed by atoms with Crippen molar-refractivity contribution in [1.82, 2.24) is 0 Å². The van der Waals surface area contributed by atoms with Crippen molar-refractivity contribution in [3.8, 4) is 0 Å². The molecule has 0 radical (unpaired) electrons. The zero-order valence-corrected chi connectivity index (χ0v) is 25.9. The Kier molecular flexibility index (Phi) is 12.0. The minimum absolute atomic E-state index is 0. The Morgan fingerprint density at radius 2 is 1.25 bits per heavy atom. The highest BCUT2D eigenvalue weighted by Gasteiger charge is 2.04. The number of aliphatic hydroxyl groups is 2. The molecule has 0 unspecified atom stereocenters. The third-order valence-electron chi connectivity index (χ3n) is 5.30. The first-order valence-corrected chi connectivity index (χ1v) is 11.5. The Morgan fingerprint density at radius 1 is 0.800 bits per heavy atom. The number of aliphatic imine (C=N–C) groups is 3. The summed E-state index contributed by atoms with van der Waals surface area (Å²) in [6.07, 6.45) is 16.7. The van der Waals surface area contributed by atoms with Gasteiger partial charge in [0.15, 0.2) is 12.4 Å². The Hall–Kier alpha value is -4.05. The smallest absolute Gasteiger partial charge is 0.218 e. The highest BCUT2D eigenvalue weighted by atomic mass is 127.